The van der Waals surface area contributed by atoms with E-state index in [0.717, 1.165) is 24.0 Å². The maximum atomic E-state index is 11.4. The minimum Gasteiger partial charge on any atom is -0.458 e. The lowest BCUT2D eigenvalue weighted by molar-refractivity contribution is -0.137. The number of ether oxygens (including phenoxy) is 2. The molecule has 2 heterocycles. The molecule has 90 valence electrons. The second-order valence-electron chi connectivity index (χ2n) is 4.60. The second-order valence-corrected chi connectivity index (χ2v) is 4.60. The maximum absolute atomic E-state index is 11.4. The van der Waals surface area contributed by atoms with Crippen LogP contribution in [0.3, 0.4) is 0 Å². The molecule has 2 rings (SSSR count). The van der Waals surface area contributed by atoms with Crippen LogP contribution in [-0.4, -0.2) is 25.3 Å². The normalized spacial score (nSPS) is 23.8. The summed E-state index contributed by atoms with van der Waals surface area (Å²) in [6.45, 7) is 3.27. The van der Waals surface area contributed by atoms with Gasteiger partial charge in [0.15, 0.2) is 0 Å². The van der Waals surface area contributed by atoms with Crippen molar-refractivity contribution in [3.63, 3.8) is 0 Å². The fourth-order valence-electron chi connectivity index (χ4n) is 2.38. The molecule has 0 bridgehead atoms. The molecule has 2 aliphatic heterocycles. The highest BCUT2D eigenvalue weighted by Crippen LogP contribution is 2.30. The standard InChI is InChI=1S/C13H20O3/c1-2-3-4-5-6-7-11-12-10(8-15-11)9-16-13(12)14/h11H,2-9H2,1H3/t11-/m1/s1. The Hall–Kier alpha value is -0.830. The molecule has 3 nitrogen and oxygen atoms in total. The number of rotatable bonds is 6. The van der Waals surface area contributed by atoms with Gasteiger partial charge < -0.3 is 9.47 Å². The number of carbonyl (C=O) groups excluding carboxylic acids is 1. The fourth-order valence-corrected chi connectivity index (χ4v) is 2.38. The van der Waals surface area contributed by atoms with Crippen molar-refractivity contribution >= 4 is 5.97 Å². The van der Waals surface area contributed by atoms with Gasteiger partial charge >= 0.3 is 5.97 Å². The Kier molecular flexibility index (Phi) is 3.99. The maximum Gasteiger partial charge on any atom is 0.337 e. The average Bonchev–Trinajstić information content (AvgIpc) is 2.83. The predicted molar refractivity (Wildman–Crippen MR) is 61.1 cm³/mol. The van der Waals surface area contributed by atoms with Gasteiger partial charge in [0.25, 0.3) is 0 Å². The number of hydrogen-bond acceptors (Lipinski definition) is 3. The smallest absolute Gasteiger partial charge is 0.337 e. The van der Waals surface area contributed by atoms with Gasteiger partial charge in [0.1, 0.15) is 6.61 Å². The van der Waals surface area contributed by atoms with E-state index in [1.54, 1.807) is 0 Å². The van der Waals surface area contributed by atoms with Crippen molar-refractivity contribution in [2.75, 3.05) is 13.2 Å². The molecule has 0 saturated carbocycles. The fraction of sp³-hybridized carbons (Fsp3) is 0.769. The van der Waals surface area contributed by atoms with E-state index in [1.807, 2.05) is 0 Å². The molecule has 0 spiro atoms. The molecule has 0 aliphatic carbocycles. The zero-order valence-corrected chi connectivity index (χ0v) is 9.96. The summed E-state index contributed by atoms with van der Waals surface area (Å²) in [4.78, 5) is 11.4. The van der Waals surface area contributed by atoms with E-state index in [9.17, 15) is 4.79 Å². The molecule has 0 fully saturated rings. The van der Waals surface area contributed by atoms with Crippen LogP contribution in [0.1, 0.15) is 45.4 Å². The van der Waals surface area contributed by atoms with Gasteiger partial charge in [-0.2, -0.15) is 0 Å². The number of cyclic esters (lactones) is 1. The summed E-state index contributed by atoms with van der Waals surface area (Å²) in [6, 6.07) is 0. The molecule has 0 radical (unpaired) electrons. The Labute approximate surface area is 96.8 Å². The summed E-state index contributed by atoms with van der Waals surface area (Å²) in [5.74, 6) is -0.147. The highest BCUT2D eigenvalue weighted by molar-refractivity contribution is 5.93. The third-order valence-corrected chi connectivity index (χ3v) is 3.33. The summed E-state index contributed by atoms with van der Waals surface area (Å²) in [7, 11) is 0. The van der Waals surface area contributed by atoms with Crippen molar-refractivity contribution in [2.45, 2.75) is 51.6 Å². The number of hydrogen-bond donors (Lipinski definition) is 0. The summed E-state index contributed by atoms with van der Waals surface area (Å²) in [5.41, 5.74) is 1.90. The van der Waals surface area contributed by atoms with Crippen molar-refractivity contribution in [2.24, 2.45) is 0 Å². The first kappa shape index (κ1) is 11.6. The van der Waals surface area contributed by atoms with Crippen LogP contribution in [-0.2, 0) is 14.3 Å². The van der Waals surface area contributed by atoms with Gasteiger partial charge in [-0.1, -0.05) is 39.0 Å². The highest BCUT2D eigenvalue weighted by atomic mass is 16.6. The monoisotopic (exact) mass is 224 g/mol. The third kappa shape index (κ3) is 2.46. The summed E-state index contributed by atoms with van der Waals surface area (Å²) < 4.78 is 10.6. The van der Waals surface area contributed by atoms with Crippen LogP contribution >= 0.6 is 0 Å². The molecule has 0 saturated heterocycles. The van der Waals surface area contributed by atoms with E-state index in [-0.39, 0.29) is 12.1 Å². The molecule has 1 atom stereocenters. The minimum atomic E-state index is -0.147. The first-order chi connectivity index (χ1) is 7.83. The van der Waals surface area contributed by atoms with E-state index in [0.29, 0.717) is 13.2 Å². The Bertz CT molecular complexity index is 294. The molecular weight excluding hydrogens is 204 g/mol. The summed E-state index contributed by atoms with van der Waals surface area (Å²) >= 11 is 0. The van der Waals surface area contributed by atoms with Crippen molar-refractivity contribution < 1.29 is 14.3 Å². The van der Waals surface area contributed by atoms with E-state index in [1.165, 1.54) is 25.7 Å². The Balaban J connectivity index is 1.73. The van der Waals surface area contributed by atoms with E-state index in [4.69, 9.17) is 9.47 Å². The van der Waals surface area contributed by atoms with Gasteiger partial charge in [0, 0.05) is 5.57 Å². The summed E-state index contributed by atoms with van der Waals surface area (Å²) in [6.07, 6.45) is 7.24. The SMILES string of the molecule is CCCCCCC[C@H]1OCC2=C1C(=O)OC2. The van der Waals surface area contributed by atoms with Crippen LogP contribution in [0, 0.1) is 0 Å². The van der Waals surface area contributed by atoms with Gasteiger partial charge in [0.2, 0.25) is 0 Å². The molecule has 0 aromatic heterocycles. The van der Waals surface area contributed by atoms with Crippen LogP contribution in [0.15, 0.2) is 11.1 Å². The number of carbonyl (C=O) groups is 1. The van der Waals surface area contributed by atoms with Gasteiger partial charge in [-0.05, 0) is 6.42 Å². The molecule has 2 aliphatic rings. The Morgan fingerprint density at radius 2 is 2.00 bits per heavy atom. The van der Waals surface area contributed by atoms with E-state index in [2.05, 4.69) is 6.92 Å². The second kappa shape index (κ2) is 5.48. The lowest BCUT2D eigenvalue weighted by atomic mass is 10.0. The van der Waals surface area contributed by atoms with Crippen molar-refractivity contribution in [1.29, 1.82) is 0 Å². The zero-order valence-electron chi connectivity index (χ0n) is 9.96. The molecule has 0 aromatic carbocycles. The van der Waals surface area contributed by atoms with Gasteiger partial charge in [-0.15, -0.1) is 0 Å². The summed E-state index contributed by atoms with van der Waals surface area (Å²) in [5, 5.41) is 0. The largest absolute Gasteiger partial charge is 0.458 e. The van der Waals surface area contributed by atoms with Crippen molar-refractivity contribution in [3.05, 3.63) is 11.1 Å². The molecule has 0 amide bonds. The van der Waals surface area contributed by atoms with Gasteiger partial charge in [0.05, 0.1) is 18.3 Å². The first-order valence-corrected chi connectivity index (χ1v) is 6.33. The van der Waals surface area contributed by atoms with Crippen LogP contribution in [0.2, 0.25) is 0 Å². The topological polar surface area (TPSA) is 35.5 Å². The van der Waals surface area contributed by atoms with Crippen LogP contribution < -0.4 is 0 Å². The molecule has 16 heavy (non-hydrogen) atoms. The zero-order chi connectivity index (χ0) is 11.4. The molecule has 0 N–H and O–H groups in total. The lowest BCUT2D eigenvalue weighted by Gasteiger charge is -2.12. The van der Waals surface area contributed by atoms with E-state index < -0.39 is 0 Å². The van der Waals surface area contributed by atoms with Crippen LogP contribution in [0.4, 0.5) is 0 Å². The number of unbranched alkanes of at least 4 members (excludes halogenated alkanes) is 4. The average molecular weight is 224 g/mol. The predicted octanol–water partition coefficient (Wildman–Crippen LogP) is 2.60. The molecule has 3 heteroatoms. The highest BCUT2D eigenvalue weighted by Gasteiger charge is 2.36. The first-order valence-electron chi connectivity index (χ1n) is 6.33. The lowest BCUT2D eigenvalue weighted by Crippen LogP contribution is -2.16. The van der Waals surface area contributed by atoms with Gasteiger partial charge in [-0.25, -0.2) is 4.79 Å². The van der Waals surface area contributed by atoms with Crippen molar-refractivity contribution in [1.82, 2.24) is 0 Å². The van der Waals surface area contributed by atoms with Crippen LogP contribution in [0.25, 0.3) is 0 Å². The number of esters is 1. The van der Waals surface area contributed by atoms with E-state index >= 15 is 0 Å². The molecule has 0 unspecified atom stereocenters. The molecule has 0 aromatic rings. The Morgan fingerprint density at radius 3 is 2.81 bits per heavy atom. The van der Waals surface area contributed by atoms with Crippen LogP contribution in [0.5, 0.6) is 0 Å². The third-order valence-electron chi connectivity index (χ3n) is 3.33. The Morgan fingerprint density at radius 1 is 1.19 bits per heavy atom. The molecular formula is C13H20O3. The minimum absolute atomic E-state index is 0.0200. The quantitative estimate of drug-likeness (QED) is 0.514. The van der Waals surface area contributed by atoms with Crippen molar-refractivity contribution in [3.8, 4) is 0 Å². The van der Waals surface area contributed by atoms with Gasteiger partial charge in [-0.3, -0.25) is 0 Å².